The van der Waals surface area contributed by atoms with Crippen molar-refractivity contribution in [2.45, 2.75) is 31.3 Å². The SMILES string of the molecule is CC(C)(C)OC(=O)N1CCOc2ccc(Oc3cccc(C#N)c3)cc2S1(=O)=O. The molecule has 0 aliphatic carbocycles. The minimum absolute atomic E-state index is 0.00408. The Morgan fingerprint density at radius 1 is 1.17 bits per heavy atom. The van der Waals surface area contributed by atoms with Gasteiger partial charge in [0.25, 0.3) is 10.0 Å². The first-order valence-electron chi connectivity index (χ1n) is 8.81. The van der Waals surface area contributed by atoms with Crippen LogP contribution in [0.15, 0.2) is 47.4 Å². The van der Waals surface area contributed by atoms with Crippen molar-refractivity contribution in [3.05, 3.63) is 48.0 Å². The molecule has 0 aromatic heterocycles. The molecule has 3 rings (SSSR count). The number of carbonyl (C=O) groups is 1. The van der Waals surface area contributed by atoms with E-state index in [1.807, 2.05) is 6.07 Å². The van der Waals surface area contributed by atoms with Crippen molar-refractivity contribution in [3.63, 3.8) is 0 Å². The molecule has 2 aromatic rings. The van der Waals surface area contributed by atoms with Gasteiger partial charge in [-0.15, -0.1) is 0 Å². The predicted octanol–water partition coefficient (Wildman–Crippen LogP) is 3.67. The molecule has 0 saturated heterocycles. The molecular weight excluding hydrogens is 396 g/mol. The summed E-state index contributed by atoms with van der Waals surface area (Å²) < 4.78 is 43.3. The Kier molecular flexibility index (Phi) is 5.40. The molecule has 29 heavy (non-hydrogen) atoms. The van der Waals surface area contributed by atoms with Gasteiger partial charge in [-0.1, -0.05) is 6.07 Å². The van der Waals surface area contributed by atoms with Crippen LogP contribution in [0.2, 0.25) is 0 Å². The lowest BCUT2D eigenvalue weighted by Crippen LogP contribution is -2.41. The average molecular weight is 416 g/mol. The number of nitrogens with zero attached hydrogens (tertiary/aromatic N) is 2. The van der Waals surface area contributed by atoms with Gasteiger partial charge < -0.3 is 14.2 Å². The van der Waals surface area contributed by atoms with Gasteiger partial charge in [-0.2, -0.15) is 9.57 Å². The molecular formula is C20H20N2O6S. The second kappa shape index (κ2) is 7.64. The van der Waals surface area contributed by atoms with E-state index < -0.39 is 21.7 Å². The van der Waals surface area contributed by atoms with Crippen LogP contribution < -0.4 is 9.47 Å². The molecule has 9 heteroatoms. The second-order valence-corrected chi connectivity index (χ2v) is 9.09. The number of fused-ring (bicyclic) bond motifs is 1. The topological polar surface area (TPSA) is 106 Å². The Morgan fingerprint density at radius 2 is 1.90 bits per heavy atom. The van der Waals surface area contributed by atoms with Crippen LogP contribution in [0.3, 0.4) is 0 Å². The number of benzene rings is 2. The largest absolute Gasteiger partial charge is 0.490 e. The van der Waals surface area contributed by atoms with E-state index in [2.05, 4.69) is 0 Å². The molecule has 0 atom stereocenters. The Labute approximate surface area is 169 Å². The summed E-state index contributed by atoms with van der Waals surface area (Å²) in [5, 5.41) is 9.00. The monoisotopic (exact) mass is 416 g/mol. The first kappa shape index (κ1) is 20.5. The summed E-state index contributed by atoms with van der Waals surface area (Å²) >= 11 is 0. The molecule has 0 bridgehead atoms. The predicted molar refractivity (Wildman–Crippen MR) is 103 cm³/mol. The number of hydrogen-bond donors (Lipinski definition) is 0. The standard InChI is InChI=1S/C20H20N2O6S/c1-20(2,3)28-19(23)22-9-10-26-17-8-7-16(12-18(17)29(22,24)25)27-15-6-4-5-14(11-15)13-21/h4-8,11-12H,9-10H2,1-3H3. The van der Waals surface area contributed by atoms with Crippen molar-refractivity contribution in [2.75, 3.05) is 13.2 Å². The first-order chi connectivity index (χ1) is 13.6. The molecule has 152 valence electrons. The third kappa shape index (κ3) is 4.60. The quantitative estimate of drug-likeness (QED) is 0.735. The lowest BCUT2D eigenvalue weighted by Gasteiger charge is -2.25. The summed E-state index contributed by atoms with van der Waals surface area (Å²) in [5.74, 6) is 0.714. The van der Waals surface area contributed by atoms with E-state index in [0.717, 1.165) is 0 Å². The normalized spacial score (nSPS) is 15.3. The van der Waals surface area contributed by atoms with E-state index in [1.165, 1.54) is 18.2 Å². The molecule has 0 radical (unpaired) electrons. The van der Waals surface area contributed by atoms with Gasteiger partial charge >= 0.3 is 6.09 Å². The van der Waals surface area contributed by atoms with Crippen molar-refractivity contribution in [2.24, 2.45) is 0 Å². The van der Waals surface area contributed by atoms with E-state index in [-0.39, 0.29) is 29.5 Å². The van der Waals surface area contributed by atoms with Gasteiger partial charge in [0.05, 0.1) is 18.2 Å². The van der Waals surface area contributed by atoms with Crippen LogP contribution in [0.1, 0.15) is 26.3 Å². The fourth-order valence-electron chi connectivity index (χ4n) is 2.62. The van der Waals surface area contributed by atoms with Gasteiger partial charge in [0, 0.05) is 6.07 Å². The van der Waals surface area contributed by atoms with Crippen LogP contribution in [0.25, 0.3) is 0 Å². The summed E-state index contributed by atoms with van der Waals surface area (Å²) in [5.41, 5.74) is -0.441. The molecule has 0 N–H and O–H groups in total. The van der Waals surface area contributed by atoms with E-state index in [1.54, 1.807) is 45.0 Å². The number of ether oxygens (including phenoxy) is 3. The molecule has 0 saturated carbocycles. The first-order valence-corrected chi connectivity index (χ1v) is 10.2. The lowest BCUT2D eigenvalue weighted by atomic mass is 10.2. The maximum absolute atomic E-state index is 13.1. The summed E-state index contributed by atoms with van der Waals surface area (Å²) in [7, 11) is -4.22. The zero-order chi connectivity index (χ0) is 21.2. The molecule has 1 heterocycles. The minimum atomic E-state index is -4.22. The van der Waals surface area contributed by atoms with Gasteiger partial charge in [-0.25, -0.2) is 13.2 Å². The molecule has 0 fully saturated rings. The molecule has 1 amide bonds. The zero-order valence-corrected chi connectivity index (χ0v) is 17.0. The van der Waals surface area contributed by atoms with Gasteiger partial charge in [-0.05, 0) is 51.1 Å². The fraction of sp³-hybridized carbons (Fsp3) is 0.300. The fourth-order valence-corrected chi connectivity index (χ4v) is 4.05. The average Bonchev–Trinajstić information content (AvgIpc) is 2.76. The Bertz CT molecular complexity index is 1080. The number of amides is 1. The van der Waals surface area contributed by atoms with E-state index >= 15 is 0 Å². The highest BCUT2D eigenvalue weighted by Crippen LogP contribution is 2.35. The van der Waals surface area contributed by atoms with Gasteiger partial charge in [0.1, 0.15) is 34.4 Å². The maximum atomic E-state index is 13.1. The van der Waals surface area contributed by atoms with Crippen LogP contribution in [0.4, 0.5) is 4.79 Å². The van der Waals surface area contributed by atoms with Crippen molar-refractivity contribution >= 4 is 16.1 Å². The Balaban J connectivity index is 1.95. The summed E-state index contributed by atoms with van der Waals surface area (Å²) in [6, 6.07) is 12.8. The van der Waals surface area contributed by atoms with E-state index in [4.69, 9.17) is 19.5 Å². The van der Waals surface area contributed by atoms with E-state index in [9.17, 15) is 13.2 Å². The Morgan fingerprint density at radius 3 is 2.59 bits per heavy atom. The third-order valence-corrected chi connectivity index (χ3v) is 5.62. The summed E-state index contributed by atoms with van der Waals surface area (Å²) in [4.78, 5) is 12.2. The number of hydrogen-bond acceptors (Lipinski definition) is 7. The van der Waals surface area contributed by atoms with Crippen LogP contribution in [-0.4, -0.2) is 37.6 Å². The van der Waals surface area contributed by atoms with Crippen LogP contribution in [-0.2, 0) is 14.8 Å². The minimum Gasteiger partial charge on any atom is -0.490 e. The molecule has 1 aliphatic heterocycles. The molecule has 0 spiro atoms. The zero-order valence-electron chi connectivity index (χ0n) is 16.2. The van der Waals surface area contributed by atoms with Crippen LogP contribution in [0.5, 0.6) is 17.2 Å². The smallest absolute Gasteiger partial charge is 0.424 e. The van der Waals surface area contributed by atoms with Crippen LogP contribution >= 0.6 is 0 Å². The highest BCUT2D eigenvalue weighted by atomic mass is 32.2. The van der Waals surface area contributed by atoms with Gasteiger partial charge in [-0.3, -0.25) is 0 Å². The van der Waals surface area contributed by atoms with Crippen molar-refractivity contribution in [1.82, 2.24) is 4.31 Å². The van der Waals surface area contributed by atoms with Crippen molar-refractivity contribution in [3.8, 4) is 23.3 Å². The number of carbonyl (C=O) groups excluding carboxylic acids is 1. The van der Waals surface area contributed by atoms with Crippen molar-refractivity contribution in [1.29, 1.82) is 5.26 Å². The van der Waals surface area contributed by atoms with Crippen LogP contribution in [0, 0.1) is 11.3 Å². The highest BCUT2D eigenvalue weighted by Gasteiger charge is 2.37. The molecule has 0 unspecified atom stereocenters. The van der Waals surface area contributed by atoms with Gasteiger partial charge in [0.15, 0.2) is 0 Å². The highest BCUT2D eigenvalue weighted by molar-refractivity contribution is 7.89. The lowest BCUT2D eigenvalue weighted by molar-refractivity contribution is 0.0381. The third-order valence-electron chi connectivity index (χ3n) is 3.83. The van der Waals surface area contributed by atoms with E-state index in [0.29, 0.717) is 15.6 Å². The van der Waals surface area contributed by atoms with Crippen molar-refractivity contribution < 1.29 is 27.4 Å². The maximum Gasteiger partial charge on any atom is 0.424 e. The summed E-state index contributed by atoms with van der Waals surface area (Å²) in [6.45, 7) is 4.78. The number of sulfonamides is 1. The second-order valence-electron chi connectivity index (χ2n) is 7.26. The number of nitriles is 1. The molecule has 8 nitrogen and oxygen atoms in total. The Hall–Kier alpha value is -3.25. The van der Waals surface area contributed by atoms with Gasteiger partial charge in [0.2, 0.25) is 0 Å². The number of rotatable bonds is 2. The summed E-state index contributed by atoms with van der Waals surface area (Å²) in [6.07, 6.45) is -0.970. The molecule has 2 aromatic carbocycles. The molecule has 1 aliphatic rings.